The van der Waals surface area contributed by atoms with E-state index >= 15 is 0 Å². The lowest BCUT2D eigenvalue weighted by Crippen LogP contribution is -1.97. The van der Waals surface area contributed by atoms with Crippen LogP contribution in [0.15, 0.2) is 60.2 Å². The molecule has 0 amide bonds. The van der Waals surface area contributed by atoms with Crippen molar-refractivity contribution >= 4 is 17.8 Å². The fraction of sp³-hybridized carbons (Fsp3) is 0.0556. The van der Waals surface area contributed by atoms with Gasteiger partial charge in [-0.3, -0.25) is 0 Å². The molecule has 3 heteroatoms. The van der Waals surface area contributed by atoms with Crippen LogP contribution in [0.4, 0.5) is 0 Å². The average Bonchev–Trinajstić information content (AvgIpc) is 2.83. The zero-order chi connectivity index (χ0) is 14.8. The number of phenolic OH excluding ortho intramolecular Hbond substituents is 1. The molecule has 104 valence electrons. The molecular formula is C18H14O3. The van der Waals surface area contributed by atoms with Crippen molar-refractivity contribution in [2.45, 2.75) is 6.92 Å². The Labute approximate surface area is 122 Å². The number of rotatable bonds is 2. The summed E-state index contributed by atoms with van der Waals surface area (Å²) < 4.78 is 5.30. The molecule has 0 fully saturated rings. The lowest BCUT2D eigenvalue weighted by Gasteiger charge is -2.01. The van der Waals surface area contributed by atoms with Gasteiger partial charge in [-0.15, -0.1) is 0 Å². The molecule has 0 saturated heterocycles. The molecule has 0 saturated carbocycles. The molecule has 0 radical (unpaired) electrons. The third kappa shape index (κ3) is 2.87. The van der Waals surface area contributed by atoms with Gasteiger partial charge >= 0.3 is 5.97 Å². The number of aryl methyl sites for hydroxylation is 1. The van der Waals surface area contributed by atoms with E-state index in [1.54, 1.807) is 36.4 Å². The molecule has 0 spiro atoms. The Morgan fingerprint density at radius 3 is 2.33 bits per heavy atom. The van der Waals surface area contributed by atoms with E-state index in [-0.39, 0.29) is 11.7 Å². The molecular weight excluding hydrogens is 264 g/mol. The number of carbonyl (C=O) groups is 1. The van der Waals surface area contributed by atoms with Gasteiger partial charge in [-0.2, -0.15) is 0 Å². The van der Waals surface area contributed by atoms with Gasteiger partial charge < -0.3 is 9.84 Å². The summed E-state index contributed by atoms with van der Waals surface area (Å²) in [4.78, 5) is 11.9. The van der Waals surface area contributed by atoms with Crippen molar-refractivity contribution in [3.63, 3.8) is 0 Å². The van der Waals surface area contributed by atoms with Crippen LogP contribution in [0, 0.1) is 6.92 Å². The standard InChI is InChI=1S/C18H14O3/c1-12-2-6-14(7-3-12)17-11-15(18(20)21-17)10-13-4-8-16(19)9-5-13/h2-11,19H,1H3. The Morgan fingerprint density at radius 2 is 1.67 bits per heavy atom. The minimum absolute atomic E-state index is 0.196. The maximum Gasteiger partial charge on any atom is 0.343 e. The van der Waals surface area contributed by atoms with Gasteiger partial charge in [0.1, 0.15) is 11.5 Å². The number of carbonyl (C=O) groups excluding carboxylic acids is 1. The Balaban J connectivity index is 1.91. The minimum Gasteiger partial charge on any atom is -0.508 e. The Hall–Kier alpha value is -2.81. The molecule has 0 atom stereocenters. The van der Waals surface area contributed by atoms with Gasteiger partial charge in [0.25, 0.3) is 0 Å². The summed E-state index contributed by atoms with van der Waals surface area (Å²) in [5.41, 5.74) is 3.36. The Kier molecular flexibility index (Phi) is 3.32. The molecule has 2 aromatic rings. The molecule has 1 aliphatic heterocycles. The highest BCUT2D eigenvalue weighted by atomic mass is 16.5. The number of ether oxygens (including phenoxy) is 1. The van der Waals surface area contributed by atoms with Crippen LogP contribution in [0.1, 0.15) is 16.7 Å². The summed E-state index contributed by atoms with van der Waals surface area (Å²) in [6.07, 6.45) is 3.48. The molecule has 1 aliphatic rings. The third-order valence-electron chi connectivity index (χ3n) is 3.28. The number of hydrogen-bond donors (Lipinski definition) is 1. The minimum atomic E-state index is -0.362. The predicted octanol–water partition coefficient (Wildman–Crippen LogP) is 3.68. The van der Waals surface area contributed by atoms with Crippen molar-refractivity contribution in [2.75, 3.05) is 0 Å². The van der Waals surface area contributed by atoms with Crippen molar-refractivity contribution < 1.29 is 14.6 Å². The van der Waals surface area contributed by atoms with Gasteiger partial charge in [0.2, 0.25) is 0 Å². The first kappa shape index (κ1) is 13.2. The molecule has 0 unspecified atom stereocenters. The quantitative estimate of drug-likeness (QED) is 0.673. The van der Waals surface area contributed by atoms with Crippen molar-refractivity contribution in [3.8, 4) is 5.75 Å². The van der Waals surface area contributed by atoms with Crippen molar-refractivity contribution in [2.24, 2.45) is 0 Å². The first-order chi connectivity index (χ1) is 10.1. The molecule has 0 aliphatic carbocycles. The molecule has 1 heterocycles. The van der Waals surface area contributed by atoms with Crippen LogP contribution < -0.4 is 0 Å². The highest BCUT2D eigenvalue weighted by Gasteiger charge is 2.21. The van der Waals surface area contributed by atoms with E-state index in [2.05, 4.69) is 0 Å². The van der Waals surface area contributed by atoms with E-state index in [1.807, 2.05) is 31.2 Å². The number of cyclic esters (lactones) is 1. The van der Waals surface area contributed by atoms with Crippen LogP contribution in [0.25, 0.3) is 11.8 Å². The smallest absolute Gasteiger partial charge is 0.343 e. The summed E-state index contributed by atoms with van der Waals surface area (Å²) >= 11 is 0. The maximum absolute atomic E-state index is 11.9. The second kappa shape index (κ2) is 5.29. The highest BCUT2D eigenvalue weighted by molar-refractivity contribution is 6.05. The van der Waals surface area contributed by atoms with Gasteiger partial charge in [0, 0.05) is 5.56 Å². The predicted molar refractivity (Wildman–Crippen MR) is 81.3 cm³/mol. The van der Waals surface area contributed by atoms with Crippen LogP contribution in [0.3, 0.4) is 0 Å². The van der Waals surface area contributed by atoms with Crippen LogP contribution in [0.2, 0.25) is 0 Å². The number of phenols is 1. The monoisotopic (exact) mass is 278 g/mol. The van der Waals surface area contributed by atoms with E-state index in [4.69, 9.17) is 4.74 Å². The zero-order valence-corrected chi connectivity index (χ0v) is 11.5. The third-order valence-corrected chi connectivity index (χ3v) is 3.28. The van der Waals surface area contributed by atoms with Gasteiger partial charge in [0.05, 0.1) is 5.57 Å². The van der Waals surface area contributed by atoms with Crippen molar-refractivity contribution in [3.05, 3.63) is 76.9 Å². The molecule has 0 aromatic heterocycles. The molecule has 3 rings (SSSR count). The normalized spacial score (nSPS) is 16.0. The molecule has 1 N–H and O–H groups in total. The van der Waals surface area contributed by atoms with Crippen LogP contribution in [-0.4, -0.2) is 11.1 Å². The maximum atomic E-state index is 11.9. The Bertz CT molecular complexity index is 735. The fourth-order valence-corrected chi connectivity index (χ4v) is 2.10. The summed E-state index contributed by atoms with van der Waals surface area (Å²) in [5, 5.41) is 9.26. The second-order valence-corrected chi connectivity index (χ2v) is 4.96. The summed E-state index contributed by atoms with van der Waals surface area (Å²) in [6, 6.07) is 14.5. The van der Waals surface area contributed by atoms with E-state index in [9.17, 15) is 9.90 Å². The van der Waals surface area contributed by atoms with Gasteiger partial charge in [-0.1, -0.05) is 42.0 Å². The van der Waals surface area contributed by atoms with Crippen LogP contribution in [0.5, 0.6) is 5.75 Å². The molecule has 0 bridgehead atoms. The largest absolute Gasteiger partial charge is 0.508 e. The topological polar surface area (TPSA) is 46.5 Å². The van der Waals surface area contributed by atoms with Gasteiger partial charge in [-0.05, 0) is 36.8 Å². The number of benzene rings is 2. The molecule has 3 nitrogen and oxygen atoms in total. The lowest BCUT2D eigenvalue weighted by atomic mass is 10.1. The first-order valence-corrected chi connectivity index (χ1v) is 6.63. The number of hydrogen-bond acceptors (Lipinski definition) is 3. The van der Waals surface area contributed by atoms with E-state index in [0.29, 0.717) is 11.3 Å². The van der Waals surface area contributed by atoms with Gasteiger partial charge in [-0.25, -0.2) is 4.79 Å². The SMILES string of the molecule is Cc1ccc(C2=CC(=Cc3ccc(O)cc3)C(=O)O2)cc1. The molecule has 21 heavy (non-hydrogen) atoms. The zero-order valence-electron chi connectivity index (χ0n) is 11.5. The van der Waals surface area contributed by atoms with Crippen molar-refractivity contribution in [1.29, 1.82) is 0 Å². The highest BCUT2D eigenvalue weighted by Crippen LogP contribution is 2.27. The summed E-state index contributed by atoms with van der Waals surface area (Å²) in [5.74, 6) is 0.394. The van der Waals surface area contributed by atoms with E-state index < -0.39 is 0 Å². The van der Waals surface area contributed by atoms with E-state index in [0.717, 1.165) is 16.7 Å². The number of aromatic hydroxyl groups is 1. The lowest BCUT2D eigenvalue weighted by molar-refractivity contribution is -0.130. The van der Waals surface area contributed by atoms with Crippen molar-refractivity contribution in [1.82, 2.24) is 0 Å². The average molecular weight is 278 g/mol. The molecule has 2 aromatic carbocycles. The van der Waals surface area contributed by atoms with E-state index in [1.165, 1.54) is 0 Å². The van der Waals surface area contributed by atoms with Gasteiger partial charge in [0.15, 0.2) is 0 Å². The van der Waals surface area contributed by atoms with Crippen LogP contribution >= 0.6 is 0 Å². The van der Waals surface area contributed by atoms with Crippen LogP contribution in [-0.2, 0) is 9.53 Å². The fourth-order valence-electron chi connectivity index (χ4n) is 2.10. The first-order valence-electron chi connectivity index (χ1n) is 6.63. The summed E-state index contributed by atoms with van der Waals surface area (Å²) in [6.45, 7) is 2.01. The Morgan fingerprint density at radius 1 is 1.00 bits per heavy atom. The second-order valence-electron chi connectivity index (χ2n) is 4.96. The number of esters is 1. The summed E-state index contributed by atoms with van der Waals surface area (Å²) in [7, 11) is 0.